The van der Waals surface area contributed by atoms with Crippen LogP contribution in [0, 0.1) is 0 Å². The van der Waals surface area contributed by atoms with Gasteiger partial charge in [-0.25, -0.2) is 0 Å². The van der Waals surface area contributed by atoms with Crippen LogP contribution in [0.25, 0.3) is 0 Å². The normalized spacial score (nSPS) is 24.0. The summed E-state index contributed by atoms with van der Waals surface area (Å²) in [5.41, 5.74) is 0. The molecule has 2 rings (SSSR count). The average Bonchev–Trinajstić information content (AvgIpc) is 2.51. The highest BCUT2D eigenvalue weighted by Gasteiger charge is 2.15. The van der Waals surface area contributed by atoms with Gasteiger partial charge in [0.2, 0.25) is 0 Å². The number of halogens is 1. The maximum absolute atomic E-state index is 3.49. The summed E-state index contributed by atoms with van der Waals surface area (Å²) in [4.78, 5) is 3.96. The van der Waals surface area contributed by atoms with Gasteiger partial charge in [-0.3, -0.25) is 4.90 Å². The molecule has 1 aliphatic heterocycles. The van der Waals surface area contributed by atoms with Crippen LogP contribution in [-0.2, 0) is 6.54 Å². The third-order valence-corrected chi connectivity index (χ3v) is 4.14. The van der Waals surface area contributed by atoms with Gasteiger partial charge in [0.25, 0.3) is 0 Å². The highest BCUT2D eigenvalue weighted by atomic mass is 79.9. The van der Waals surface area contributed by atoms with Crippen LogP contribution in [0.3, 0.4) is 0 Å². The number of hydrogen-bond acceptors (Lipinski definition) is 3. The molecule has 0 saturated carbocycles. The van der Waals surface area contributed by atoms with Crippen LogP contribution in [0.15, 0.2) is 15.9 Å². The highest BCUT2D eigenvalue weighted by Crippen LogP contribution is 2.21. The van der Waals surface area contributed by atoms with E-state index in [9.17, 15) is 0 Å². The zero-order valence-electron chi connectivity index (χ0n) is 8.29. The van der Waals surface area contributed by atoms with Crippen LogP contribution in [0.5, 0.6) is 0 Å². The maximum atomic E-state index is 3.49. The lowest BCUT2D eigenvalue weighted by Gasteiger charge is -2.31. The van der Waals surface area contributed by atoms with Crippen molar-refractivity contribution in [2.75, 3.05) is 19.6 Å². The van der Waals surface area contributed by atoms with Crippen LogP contribution < -0.4 is 5.32 Å². The number of hydrogen-bond donors (Lipinski definition) is 1. The van der Waals surface area contributed by atoms with Gasteiger partial charge in [-0.1, -0.05) is 0 Å². The van der Waals surface area contributed by atoms with Gasteiger partial charge in [0, 0.05) is 47.0 Å². The largest absolute Gasteiger partial charge is 0.312 e. The molecule has 0 aliphatic carbocycles. The molecule has 0 spiro atoms. The van der Waals surface area contributed by atoms with Crippen molar-refractivity contribution < 1.29 is 0 Å². The van der Waals surface area contributed by atoms with E-state index < -0.39 is 0 Å². The lowest BCUT2D eigenvalue weighted by molar-refractivity contribution is 0.201. The Morgan fingerprint density at radius 3 is 3.21 bits per heavy atom. The van der Waals surface area contributed by atoms with Gasteiger partial charge in [-0.2, -0.15) is 0 Å². The van der Waals surface area contributed by atoms with Crippen molar-refractivity contribution in [3.05, 3.63) is 20.8 Å². The quantitative estimate of drug-likeness (QED) is 0.891. The van der Waals surface area contributed by atoms with Gasteiger partial charge < -0.3 is 5.32 Å². The van der Waals surface area contributed by atoms with E-state index >= 15 is 0 Å². The van der Waals surface area contributed by atoms with Crippen molar-refractivity contribution in [3.8, 4) is 0 Å². The second-order valence-corrected chi connectivity index (χ2v) is 5.73. The molecular formula is C10H15BrN2S. The molecule has 78 valence electrons. The monoisotopic (exact) mass is 274 g/mol. The summed E-state index contributed by atoms with van der Waals surface area (Å²) in [5.74, 6) is 0. The van der Waals surface area contributed by atoms with Crippen molar-refractivity contribution in [2.24, 2.45) is 0 Å². The summed E-state index contributed by atoms with van der Waals surface area (Å²) in [6, 6.07) is 2.85. The van der Waals surface area contributed by atoms with Crippen molar-refractivity contribution in [3.63, 3.8) is 0 Å². The molecule has 1 saturated heterocycles. The Morgan fingerprint density at radius 2 is 2.57 bits per heavy atom. The third kappa shape index (κ3) is 2.79. The van der Waals surface area contributed by atoms with Gasteiger partial charge >= 0.3 is 0 Å². The van der Waals surface area contributed by atoms with E-state index in [2.05, 4.69) is 44.5 Å². The first-order chi connectivity index (χ1) is 6.74. The topological polar surface area (TPSA) is 15.3 Å². The number of nitrogens with zero attached hydrogens (tertiary/aromatic N) is 1. The second-order valence-electron chi connectivity index (χ2n) is 3.82. The molecule has 1 N–H and O–H groups in total. The summed E-state index contributed by atoms with van der Waals surface area (Å²) in [6.45, 7) is 6.79. The van der Waals surface area contributed by atoms with Gasteiger partial charge in [0.05, 0.1) is 0 Å². The Kier molecular flexibility index (Phi) is 3.60. The summed E-state index contributed by atoms with van der Waals surface area (Å²) in [7, 11) is 0. The number of nitrogens with one attached hydrogen (secondary N) is 1. The summed E-state index contributed by atoms with van der Waals surface area (Å²) >= 11 is 5.32. The zero-order valence-corrected chi connectivity index (χ0v) is 10.7. The Bertz CT molecular complexity index is 300. The van der Waals surface area contributed by atoms with E-state index in [0.717, 1.165) is 19.6 Å². The molecule has 1 aromatic heterocycles. The Hall–Kier alpha value is 0.1000. The van der Waals surface area contributed by atoms with Crippen molar-refractivity contribution in [1.82, 2.24) is 10.2 Å². The van der Waals surface area contributed by atoms with E-state index in [1.54, 1.807) is 0 Å². The fraction of sp³-hybridized carbons (Fsp3) is 0.600. The minimum absolute atomic E-state index is 0.632. The zero-order chi connectivity index (χ0) is 9.97. The van der Waals surface area contributed by atoms with Crippen LogP contribution in [0.4, 0.5) is 0 Å². The van der Waals surface area contributed by atoms with E-state index in [0.29, 0.717) is 6.04 Å². The molecule has 1 aromatic rings. The molecule has 0 bridgehead atoms. The fourth-order valence-electron chi connectivity index (χ4n) is 1.81. The molecule has 1 fully saturated rings. The molecule has 1 atom stereocenters. The minimum atomic E-state index is 0.632. The fourth-order valence-corrected chi connectivity index (χ4v) is 3.31. The molecule has 2 nitrogen and oxygen atoms in total. The van der Waals surface area contributed by atoms with E-state index in [1.807, 2.05) is 11.3 Å². The smallest absolute Gasteiger partial charge is 0.0329 e. The summed E-state index contributed by atoms with van der Waals surface area (Å²) < 4.78 is 1.21. The molecule has 0 unspecified atom stereocenters. The summed E-state index contributed by atoms with van der Waals surface area (Å²) in [6.07, 6.45) is 0. The predicted octanol–water partition coefficient (Wildman–Crippen LogP) is 2.30. The SMILES string of the molecule is C[C@@H]1CN(Cc2cc(Br)cs2)CCN1. The molecule has 14 heavy (non-hydrogen) atoms. The van der Waals surface area contributed by atoms with Gasteiger partial charge in [0.15, 0.2) is 0 Å². The van der Waals surface area contributed by atoms with E-state index in [-0.39, 0.29) is 0 Å². The first-order valence-electron chi connectivity index (χ1n) is 4.92. The van der Waals surface area contributed by atoms with E-state index in [4.69, 9.17) is 0 Å². The van der Waals surface area contributed by atoms with Gasteiger partial charge in [0.1, 0.15) is 0 Å². The van der Waals surface area contributed by atoms with Crippen molar-refractivity contribution >= 4 is 27.3 Å². The van der Waals surface area contributed by atoms with Gasteiger partial charge in [-0.15, -0.1) is 11.3 Å². The maximum Gasteiger partial charge on any atom is 0.0329 e. The van der Waals surface area contributed by atoms with Crippen LogP contribution in [-0.4, -0.2) is 30.6 Å². The number of thiophene rings is 1. The van der Waals surface area contributed by atoms with Gasteiger partial charge in [-0.05, 0) is 28.9 Å². The predicted molar refractivity (Wildman–Crippen MR) is 64.8 cm³/mol. The Labute approximate surface area is 97.4 Å². The first kappa shape index (κ1) is 10.6. The number of piperazine rings is 1. The lowest BCUT2D eigenvalue weighted by Crippen LogP contribution is -2.48. The molecule has 2 heterocycles. The Balaban J connectivity index is 1.90. The van der Waals surface area contributed by atoms with E-state index in [1.165, 1.54) is 15.9 Å². The molecule has 0 amide bonds. The van der Waals surface area contributed by atoms with Crippen LogP contribution >= 0.6 is 27.3 Å². The first-order valence-corrected chi connectivity index (χ1v) is 6.60. The average molecular weight is 275 g/mol. The second kappa shape index (κ2) is 4.75. The molecule has 0 aromatic carbocycles. The molecule has 4 heteroatoms. The summed E-state index contributed by atoms with van der Waals surface area (Å²) in [5, 5.41) is 5.61. The third-order valence-electron chi connectivity index (χ3n) is 2.45. The van der Waals surface area contributed by atoms with Crippen molar-refractivity contribution in [2.45, 2.75) is 19.5 Å². The molecular weight excluding hydrogens is 260 g/mol. The standard InChI is InChI=1S/C10H15BrN2S/c1-8-5-13(3-2-12-8)6-10-4-9(11)7-14-10/h4,7-8,12H,2-3,5-6H2,1H3/t8-/m1/s1. The Morgan fingerprint density at radius 1 is 1.71 bits per heavy atom. The minimum Gasteiger partial charge on any atom is -0.312 e. The van der Waals surface area contributed by atoms with Crippen LogP contribution in [0.1, 0.15) is 11.8 Å². The van der Waals surface area contributed by atoms with Crippen LogP contribution in [0.2, 0.25) is 0 Å². The number of rotatable bonds is 2. The molecule has 0 radical (unpaired) electrons. The lowest BCUT2D eigenvalue weighted by atomic mass is 10.2. The highest BCUT2D eigenvalue weighted by molar-refractivity contribution is 9.10. The van der Waals surface area contributed by atoms with Crippen molar-refractivity contribution in [1.29, 1.82) is 0 Å². The molecule has 1 aliphatic rings.